The molecule has 19 heavy (non-hydrogen) atoms. The lowest BCUT2D eigenvalue weighted by atomic mass is 9.98. The third-order valence-corrected chi connectivity index (χ3v) is 2.99. The van der Waals surface area contributed by atoms with Crippen molar-refractivity contribution in [1.29, 1.82) is 0 Å². The number of benzene rings is 1. The number of hydrogen-bond acceptors (Lipinski definition) is 3. The van der Waals surface area contributed by atoms with Gasteiger partial charge in [0.1, 0.15) is 12.4 Å². The molecule has 0 amide bonds. The Bertz CT molecular complexity index is 534. The van der Waals surface area contributed by atoms with Crippen LogP contribution in [0, 0.1) is 0 Å². The number of aromatic nitrogens is 1. The van der Waals surface area contributed by atoms with E-state index in [1.807, 2.05) is 18.3 Å². The van der Waals surface area contributed by atoms with Gasteiger partial charge in [-0.25, -0.2) is 0 Å². The summed E-state index contributed by atoms with van der Waals surface area (Å²) in [5.41, 5.74) is 9.37. The minimum Gasteiger partial charge on any atom is -0.492 e. The average Bonchev–Trinajstić information content (AvgIpc) is 2.39. The van der Waals surface area contributed by atoms with E-state index < -0.39 is 0 Å². The zero-order valence-corrected chi connectivity index (χ0v) is 11.9. The molecule has 2 N–H and O–H groups in total. The Morgan fingerprint density at radius 1 is 1.16 bits per heavy atom. The fraction of sp³-hybridized carbons (Fsp3) is 0.214. The Labute approximate surface area is 125 Å². The van der Waals surface area contributed by atoms with Gasteiger partial charge in [0.25, 0.3) is 0 Å². The molecule has 1 aliphatic rings. The normalized spacial score (nSPS) is 16.4. The zero-order valence-electron chi connectivity index (χ0n) is 10.3. The predicted octanol–water partition coefficient (Wildman–Crippen LogP) is 2.85. The zero-order chi connectivity index (χ0) is 11.7. The van der Waals surface area contributed by atoms with Crippen molar-refractivity contribution in [3.63, 3.8) is 0 Å². The molecule has 1 aliphatic heterocycles. The highest BCUT2D eigenvalue weighted by atomic mass is 35.5. The van der Waals surface area contributed by atoms with E-state index in [-0.39, 0.29) is 30.9 Å². The summed E-state index contributed by atoms with van der Waals surface area (Å²) < 4.78 is 5.59. The number of halogens is 2. The Morgan fingerprint density at radius 3 is 2.74 bits per heavy atom. The maximum atomic E-state index is 5.90. The van der Waals surface area contributed by atoms with Crippen LogP contribution < -0.4 is 10.5 Å². The lowest BCUT2D eigenvalue weighted by Gasteiger charge is -2.22. The van der Waals surface area contributed by atoms with Crippen LogP contribution in [0.4, 0.5) is 0 Å². The molecule has 0 radical (unpaired) electrons. The van der Waals surface area contributed by atoms with Gasteiger partial charge in [0.15, 0.2) is 0 Å². The number of nitrogens with zero attached hydrogens (tertiary/aromatic N) is 1. The molecule has 3 nitrogen and oxygen atoms in total. The Morgan fingerprint density at radius 2 is 2.00 bits per heavy atom. The van der Waals surface area contributed by atoms with Gasteiger partial charge >= 0.3 is 0 Å². The van der Waals surface area contributed by atoms with Crippen molar-refractivity contribution in [2.45, 2.75) is 12.5 Å². The number of ether oxygens (including phenoxy) is 1. The van der Waals surface area contributed by atoms with Crippen molar-refractivity contribution in [2.24, 2.45) is 5.73 Å². The van der Waals surface area contributed by atoms with Gasteiger partial charge < -0.3 is 10.5 Å². The summed E-state index contributed by atoms with van der Waals surface area (Å²) in [6.07, 6.45) is 4.52. The van der Waals surface area contributed by atoms with Gasteiger partial charge in [-0.15, -0.1) is 24.8 Å². The largest absolute Gasteiger partial charge is 0.492 e. The predicted molar refractivity (Wildman–Crippen MR) is 81.3 cm³/mol. The van der Waals surface area contributed by atoms with Crippen molar-refractivity contribution in [3.05, 3.63) is 48.3 Å². The molecule has 0 bridgehead atoms. The lowest BCUT2D eigenvalue weighted by Crippen LogP contribution is -2.33. The summed E-state index contributed by atoms with van der Waals surface area (Å²) in [5, 5.41) is 0. The van der Waals surface area contributed by atoms with Gasteiger partial charge in [-0.1, -0.05) is 12.1 Å². The van der Waals surface area contributed by atoms with Gasteiger partial charge in [-0.05, 0) is 35.7 Å². The Kier molecular flexibility index (Phi) is 5.60. The lowest BCUT2D eigenvalue weighted by molar-refractivity contribution is 0.263. The fourth-order valence-corrected chi connectivity index (χ4v) is 2.13. The minimum atomic E-state index is 0. The van der Waals surface area contributed by atoms with Crippen LogP contribution in [-0.4, -0.2) is 17.6 Å². The standard InChI is InChI=1S/C14H14N2O.2ClH/c15-13-7-12-6-10(3-4-14(12)17-9-13)11-2-1-5-16-8-11;;/h1-6,8,13H,7,9,15H2;2*1H/t13-;;/m1../s1. The molecule has 1 aromatic carbocycles. The fourth-order valence-electron chi connectivity index (χ4n) is 2.13. The monoisotopic (exact) mass is 298 g/mol. The van der Waals surface area contributed by atoms with E-state index in [4.69, 9.17) is 10.5 Å². The summed E-state index contributed by atoms with van der Waals surface area (Å²) >= 11 is 0. The third-order valence-electron chi connectivity index (χ3n) is 2.99. The van der Waals surface area contributed by atoms with Crippen molar-refractivity contribution in [2.75, 3.05) is 6.61 Å². The molecular weight excluding hydrogens is 283 g/mol. The first-order valence-corrected chi connectivity index (χ1v) is 5.74. The highest BCUT2D eigenvalue weighted by Crippen LogP contribution is 2.29. The summed E-state index contributed by atoms with van der Waals surface area (Å²) in [6, 6.07) is 10.3. The second-order valence-corrected chi connectivity index (χ2v) is 4.34. The van der Waals surface area contributed by atoms with Gasteiger partial charge in [-0.2, -0.15) is 0 Å². The van der Waals surface area contributed by atoms with Crippen LogP contribution >= 0.6 is 24.8 Å². The Hall–Kier alpha value is -1.29. The van der Waals surface area contributed by atoms with Gasteiger partial charge in [0.05, 0.1) is 0 Å². The SMILES string of the molecule is Cl.Cl.N[C@H]1COc2ccc(-c3cccnc3)cc2C1. The number of nitrogens with two attached hydrogens (primary N) is 1. The summed E-state index contributed by atoms with van der Waals surface area (Å²) in [6.45, 7) is 0.610. The molecule has 5 heteroatoms. The molecule has 0 aliphatic carbocycles. The quantitative estimate of drug-likeness (QED) is 0.881. The molecule has 3 rings (SSSR count). The molecule has 2 aromatic rings. The van der Waals surface area contributed by atoms with E-state index in [1.54, 1.807) is 6.20 Å². The van der Waals surface area contributed by atoms with Crippen LogP contribution in [0.2, 0.25) is 0 Å². The smallest absolute Gasteiger partial charge is 0.122 e. The number of hydrogen-bond donors (Lipinski definition) is 1. The topological polar surface area (TPSA) is 48.1 Å². The van der Waals surface area contributed by atoms with E-state index in [1.165, 1.54) is 5.56 Å². The second-order valence-electron chi connectivity index (χ2n) is 4.34. The number of pyridine rings is 1. The molecule has 1 atom stereocenters. The maximum Gasteiger partial charge on any atom is 0.122 e. The van der Waals surface area contributed by atoms with Crippen LogP contribution in [0.15, 0.2) is 42.7 Å². The van der Waals surface area contributed by atoms with Crippen molar-refractivity contribution >= 4 is 24.8 Å². The van der Waals surface area contributed by atoms with E-state index in [0.717, 1.165) is 23.3 Å². The van der Waals surface area contributed by atoms with Crippen molar-refractivity contribution < 1.29 is 4.74 Å². The van der Waals surface area contributed by atoms with Crippen LogP contribution in [0.3, 0.4) is 0 Å². The van der Waals surface area contributed by atoms with E-state index >= 15 is 0 Å². The molecule has 1 aromatic heterocycles. The molecule has 2 heterocycles. The molecular formula is C14H16Cl2N2O. The number of fused-ring (bicyclic) bond motifs is 1. The molecule has 102 valence electrons. The van der Waals surface area contributed by atoms with E-state index in [2.05, 4.69) is 23.2 Å². The van der Waals surface area contributed by atoms with E-state index in [0.29, 0.717) is 6.61 Å². The van der Waals surface area contributed by atoms with Crippen LogP contribution in [0.25, 0.3) is 11.1 Å². The molecule has 0 unspecified atom stereocenters. The first-order chi connectivity index (χ1) is 8.33. The Balaban J connectivity index is 0.000000902. The van der Waals surface area contributed by atoms with Crippen LogP contribution in [0.1, 0.15) is 5.56 Å². The van der Waals surface area contributed by atoms with Gasteiger partial charge in [0, 0.05) is 24.0 Å². The first-order valence-electron chi connectivity index (χ1n) is 5.74. The first kappa shape index (κ1) is 15.8. The minimum absolute atomic E-state index is 0. The van der Waals surface area contributed by atoms with Crippen molar-refractivity contribution in [1.82, 2.24) is 4.98 Å². The van der Waals surface area contributed by atoms with Gasteiger partial charge in [-0.3, -0.25) is 4.98 Å². The molecule has 0 saturated carbocycles. The average molecular weight is 299 g/mol. The van der Waals surface area contributed by atoms with Crippen LogP contribution in [-0.2, 0) is 6.42 Å². The number of rotatable bonds is 1. The summed E-state index contributed by atoms with van der Waals surface area (Å²) in [7, 11) is 0. The van der Waals surface area contributed by atoms with Crippen LogP contribution in [0.5, 0.6) is 5.75 Å². The highest BCUT2D eigenvalue weighted by Gasteiger charge is 2.16. The van der Waals surface area contributed by atoms with Crippen molar-refractivity contribution in [3.8, 4) is 16.9 Å². The van der Waals surface area contributed by atoms with Gasteiger partial charge in [0.2, 0.25) is 0 Å². The second kappa shape index (κ2) is 6.75. The third kappa shape index (κ3) is 3.38. The van der Waals surface area contributed by atoms with E-state index in [9.17, 15) is 0 Å². The maximum absolute atomic E-state index is 5.90. The molecule has 0 fully saturated rings. The summed E-state index contributed by atoms with van der Waals surface area (Å²) in [4.78, 5) is 4.13. The highest BCUT2D eigenvalue weighted by molar-refractivity contribution is 5.85. The molecule has 0 spiro atoms. The molecule has 0 saturated heterocycles. The summed E-state index contributed by atoms with van der Waals surface area (Å²) in [5.74, 6) is 0.958.